The van der Waals surface area contributed by atoms with Crippen molar-refractivity contribution in [2.45, 2.75) is 6.61 Å². The maximum Gasteiger partial charge on any atom is 0.258 e. The highest BCUT2D eigenvalue weighted by molar-refractivity contribution is 5.95. The summed E-state index contributed by atoms with van der Waals surface area (Å²) in [5.41, 5.74) is 2.47. The Morgan fingerprint density at radius 1 is 1.16 bits per heavy atom. The second-order valence-electron chi connectivity index (χ2n) is 6.58. The summed E-state index contributed by atoms with van der Waals surface area (Å²) in [4.78, 5) is 23.7. The monoisotopic (exact) mass is 419 g/mol. The topological polar surface area (TPSA) is 82.4 Å². The minimum Gasteiger partial charge on any atom is -0.496 e. The summed E-state index contributed by atoms with van der Waals surface area (Å²) >= 11 is 0. The van der Waals surface area contributed by atoms with Gasteiger partial charge in [-0.1, -0.05) is 24.3 Å². The van der Waals surface area contributed by atoms with Gasteiger partial charge in [0.1, 0.15) is 5.75 Å². The Hall–Kier alpha value is -3.78. The lowest BCUT2D eigenvalue weighted by atomic mass is 10.1. The Balaban J connectivity index is 2.05. The highest BCUT2D eigenvalue weighted by Gasteiger charge is 2.23. The SMILES string of the molecule is C=CCN(CC=C)C(=O)c1cnn(-c2nccc(-c3ccccc3OC)n2)c1COC. The van der Waals surface area contributed by atoms with E-state index in [9.17, 15) is 4.79 Å². The van der Waals surface area contributed by atoms with Gasteiger partial charge in [-0.3, -0.25) is 4.79 Å². The molecular formula is C23H25N5O3. The van der Waals surface area contributed by atoms with Crippen molar-refractivity contribution in [2.24, 2.45) is 0 Å². The second-order valence-corrected chi connectivity index (χ2v) is 6.58. The molecule has 0 spiro atoms. The van der Waals surface area contributed by atoms with Gasteiger partial charge in [0.25, 0.3) is 11.9 Å². The Kier molecular flexibility index (Phi) is 7.29. The fourth-order valence-electron chi connectivity index (χ4n) is 3.18. The molecule has 0 N–H and O–H groups in total. The Bertz CT molecular complexity index is 1070. The van der Waals surface area contributed by atoms with Crippen molar-refractivity contribution < 1.29 is 14.3 Å². The van der Waals surface area contributed by atoms with Crippen LogP contribution in [0.3, 0.4) is 0 Å². The number of rotatable bonds is 10. The van der Waals surface area contributed by atoms with Gasteiger partial charge >= 0.3 is 0 Å². The molecule has 8 nitrogen and oxygen atoms in total. The summed E-state index contributed by atoms with van der Waals surface area (Å²) in [5, 5.41) is 4.39. The summed E-state index contributed by atoms with van der Waals surface area (Å²) in [6.07, 6.45) is 6.49. The van der Waals surface area contributed by atoms with E-state index in [0.717, 1.165) is 5.56 Å². The Morgan fingerprint density at radius 3 is 2.58 bits per heavy atom. The minimum absolute atomic E-state index is 0.166. The number of hydrogen-bond donors (Lipinski definition) is 0. The zero-order valence-corrected chi connectivity index (χ0v) is 17.7. The van der Waals surface area contributed by atoms with Gasteiger partial charge in [-0.25, -0.2) is 9.97 Å². The van der Waals surface area contributed by atoms with Crippen LogP contribution in [0.25, 0.3) is 17.2 Å². The number of nitrogens with zero attached hydrogens (tertiary/aromatic N) is 5. The molecule has 0 aliphatic heterocycles. The van der Waals surface area contributed by atoms with Crippen molar-refractivity contribution in [3.05, 3.63) is 79.3 Å². The van der Waals surface area contributed by atoms with Crippen LogP contribution in [0.1, 0.15) is 16.1 Å². The molecule has 160 valence electrons. The van der Waals surface area contributed by atoms with Crippen LogP contribution in [0, 0.1) is 0 Å². The lowest BCUT2D eigenvalue weighted by Crippen LogP contribution is -2.32. The van der Waals surface area contributed by atoms with Crippen molar-refractivity contribution in [1.82, 2.24) is 24.6 Å². The van der Waals surface area contributed by atoms with Crippen molar-refractivity contribution in [2.75, 3.05) is 27.3 Å². The molecule has 0 bridgehead atoms. The quantitative estimate of drug-likeness (QED) is 0.469. The third-order valence-corrected chi connectivity index (χ3v) is 4.58. The average molecular weight is 419 g/mol. The Morgan fingerprint density at radius 2 is 1.90 bits per heavy atom. The molecule has 0 fully saturated rings. The Labute approximate surface area is 181 Å². The molecule has 8 heteroatoms. The number of aromatic nitrogens is 4. The van der Waals surface area contributed by atoms with Crippen molar-refractivity contribution in [3.8, 4) is 23.0 Å². The summed E-state index contributed by atoms with van der Waals surface area (Å²) in [6.45, 7) is 8.39. The van der Waals surface area contributed by atoms with Crippen LogP contribution < -0.4 is 4.74 Å². The lowest BCUT2D eigenvalue weighted by molar-refractivity contribution is 0.0785. The molecule has 3 aromatic rings. The third-order valence-electron chi connectivity index (χ3n) is 4.58. The van der Waals surface area contributed by atoms with Gasteiger partial charge in [0.05, 0.1) is 36.9 Å². The summed E-state index contributed by atoms with van der Waals surface area (Å²) < 4.78 is 12.3. The van der Waals surface area contributed by atoms with Gasteiger partial charge in [-0.15, -0.1) is 13.2 Å². The van der Waals surface area contributed by atoms with Gasteiger partial charge in [0, 0.05) is 32.0 Å². The second kappa shape index (κ2) is 10.3. The van der Waals surface area contributed by atoms with E-state index in [1.165, 1.54) is 10.9 Å². The summed E-state index contributed by atoms with van der Waals surface area (Å²) in [6, 6.07) is 9.38. The van der Waals surface area contributed by atoms with E-state index < -0.39 is 0 Å². The minimum atomic E-state index is -0.195. The van der Waals surface area contributed by atoms with Gasteiger partial charge < -0.3 is 14.4 Å². The molecule has 0 aliphatic rings. The molecule has 0 saturated carbocycles. The predicted molar refractivity (Wildman–Crippen MR) is 118 cm³/mol. The van der Waals surface area contributed by atoms with Crippen LogP contribution in [0.2, 0.25) is 0 Å². The van der Waals surface area contributed by atoms with E-state index in [1.54, 1.807) is 43.5 Å². The van der Waals surface area contributed by atoms with Gasteiger partial charge in [-0.05, 0) is 18.2 Å². The standard InChI is InChI=1S/C23H25N5O3/c1-5-13-27(14-6-2)22(29)18-15-25-28(20(18)16-30-3)23-24-12-11-19(26-23)17-9-7-8-10-21(17)31-4/h5-12,15H,1-2,13-14,16H2,3-4H3. The highest BCUT2D eigenvalue weighted by Crippen LogP contribution is 2.28. The van der Waals surface area contributed by atoms with E-state index in [1.807, 2.05) is 24.3 Å². The first kappa shape index (κ1) is 21.9. The van der Waals surface area contributed by atoms with Gasteiger partial charge in [-0.2, -0.15) is 9.78 Å². The maximum atomic E-state index is 13.1. The number of benzene rings is 1. The van der Waals surface area contributed by atoms with E-state index >= 15 is 0 Å². The highest BCUT2D eigenvalue weighted by atomic mass is 16.5. The van der Waals surface area contributed by atoms with Gasteiger partial charge in [0.2, 0.25) is 0 Å². The molecule has 0 atom stereocenters. The first-order valence-electron chi connectivity index (χ1n) is 9.68. The van der Waals surface area contributed by atoms with Crippen LogP contribution in [-0.2, 0) is 11.3 Å². The number of carbonyl (C=O) groups excluding carboxylic acids is 1. The molecular weight excluding hydrogens is 394 g/mol. The first-order valence-corrected chi connectivity index (χ1v) is 9.68. The molecule has 3 rings (SSSR count). The van der Waals surface area contributed by atoms with E-state index in [2.05, 4.69) is 28.2 Å². The predicted octanol–water partition coefficient (Wildman–Crippen LogP) is 3.30. The van der Waals surface area contributed by atoms with E-state index in [-0.39, 0.29) is 12.5 Å². The molecule has 0 unspecified atom stereocenters. The number of hydrogen-bond acceptors (Lipinski definition) is 6. The summed E-state index contributed by atoms with van der Waals surface area (Å²) in [7, 11) is 3.17. The molecule has 2 aromatic heterocycles. The molecule has 1 aromatic carbocycles. The van der Waals surface area contributed by atoms with Crippen LogP contribution in [-0.4, -0.2) is 57.9 Å². The number of amides is 1. The summed E-state index contributed by atoms with van der Waals surface area (Å²) in [5.74, 6) is 0.831. The fraction of sp³-hybridized carbons (Fsp3) is 0.217. The lowest BCUT2D eigenvalue weighted by Gasteiger charge is -2.19. The molecule has 0 saturated heterocycles. The normalized spacial score (nSPS) is 10.5. The molecule has 0 aliphatic carbocycles. The number of ether oxygens (including phenoxy) is 2. The van der Waals surface area contributed by atoms with E-state index in [4.69, 9.17) is 9.47 Å². The molecule has 0 radical (unpaired) electrons. The molecule has 1 amide bonds. The zero-order chi connectivity index (χ0) is 22.2. The smallest absolute Gasteiger partial charge is 0.258 e. The first-order chi connectivity index (χ1) is 15.1. The van der Waals surface area contributed by atoms with Crippen molar-refractivity contribution in [1.29, 1.82) is 0 Å². The molecule has 31 heavy (non-hydrogen) atoms. The number of methoxy groups -OCH3 is 2. The zero-order valence-electron chi connectivity index (χ0n) is 17.7. The van der Waals surface area contributed by atoms with Crippen LogP contribution in [0.5, 0.6) is 5.75 Å². The molecule has 2 heterocycles. The number of carbonyl (C=O) groups is 1. The largest absolute Gasteiger partial charge is 0.496 e. The third kappa shape index (κ3) is 4.70. The van der Waals surface area contributed by atoms with Crippen LogP contribution >= 0.6 is 0 Å². The van der Waals surface area contributed by atoms with Crippen LogP contribution in [0.15, 0.2) is 68.0 Å². The van der Waals surface area contributed by atoms with Crippen LogP contribution in [0.4, 0.5) is 0 Å². The van der Waals surface area contributed by atoms with Crippen molar-refractivity contribution >= 4 is 5.91 Å². The van der Waals surface area contributed by atoms with E-state index in [0.29, 0.717) is 41.7 Å². The average Bonchev–Trinajstić information content (AvgIpc) is 3.22. The fourth-order valence-corrected chi connectivity index (χ4v) is 3.18. The maximum absolute atomic E-state index is 13.1. The number of para-hydroxylation sites is 1. The van der Waals surface area contributed by atoms with Crippen molar-refractivity contribution in [3.63, 3.8) is 0 Å². The van der Waals surface area contributed by atoms with Gasteiger partial charge in [0.15, 0.2) is 0 Å².